The molecule has 0 aromatic carbocycles. The van der Waals surface area contributed by atoms with Crippen LogP contribution in [0.5, 0.6) is 0 Å². The normalized spacial score (nSPS) is 16.0. The van der Waals surface area contributed by atoms with E-state index in [0.717, 1.165) is 24.8 Å². The van der Waals surface area contributed by atoms with Gasteiger partial charge in [-0.15, -0.1) is 0 Å². The van der Waals surface area contributed by atoms with Crippen LogP contribution in [-0.4, -0.2) is 41.3 Å². The molecule has 0 amide bonds. The molecule has 0 saturated carbocycles. The Balaban J connectivity index is 1.91. The van der Waals surface area contributed by atoms with Gasteiger partial charge in [-0.1, -0.05) is 6.92 Å². The fraction of sp³-hybridized carbons (Fsp3) is 0.636. The minimum Gasteiger partial charge on any atom is -0.396 e. The largest absolute Gasteiger partial charge is 0.396 e. The predicted molar refractivity (Wildman–Crippen MR) is 63.6 cm³/mol. The molecule has 0 atom stereocenters. The van der Waals surface area contributed by atoms with Crippen LogP contribution in [0.25, 0.3) is 0 Å². The first-order chi connectivity index (χ1) is 7.79. The van der Waals surface area contributed by atoms with Crippen molar-refractivity contribution in [1.82, 2.24) is 9.97 Å². The van der Waals surface area contributed by atoms with Crippen molar-refractivity contribution in [2.45, 2.75) is 13.3 Å². The predicted octanol–water partition coefficient (Wildman–Crippen LogP) is 0.727. The van der Waals surface area contributed by atoms with Crippen LogP contribution in [0.4, 0.5) is 11.8 Å². The van der Waals surface area contributed by atoms with E-state index in [0.29, 0.717) is 18.9 Å². The molecule has 16 heavy (non-hydrogen) atoms. The smallest absolute Gasteiger partial charge is 0.224 e. The summed E-state index contributed by atoms with van der Waals surface area (Å²) in [5.74, 6) is 2.39. The Morgan fingerprint density at radius 1 is 1.56 bits per heavy atom. The molecule has 88 valence electrons. The van der Waals surface area contributed by atoms with E-state index in [4.69, 9.17) is 5.11 Å². The lowest BCUT2D eigenvalue weighted by Crippen LogP contribution is -2.45. The third kappa shape index (κ3) is 2.61. The Morgan fingerprint density at radius 3 is 3.06 bits per heavy atom. The van der Waals surface area contributed by atoms with Gasteiger partial charge < -0.3 is 15.3 Å². The molecule has 2 rings (SSSR count). The van der Waals surface area contributed by atoms with Gasteiger partial charge in [0.2, 0.25) is 5.95 Å². The van der Waals surface area contributed by atoms with Gasteiger partial charge in [0.25, 0.3) is 0 Å². The minimum absolute atomic E-state index is 0.191. The molecule has 1 aromatic rings. The number of aromatic nitrogens is 2. The van der Waals surface area contributed by atoms with Crippen molar-refractivity contribution in [3.05, 3.63) is 12.3 Å². The standard InChI is InChI=1S/C11H18N4O/c1-9-7-15(8-9)10-3-5-13-11(14-10)12-4-2-6-16/h3,5,9,16H,2,4,6-8H2,1H3,(H,12,13,14). The molecule has 5 heteroatoms. The van der Waals surface area contributed by atoms with E-state index < -0.39 is 0 Å². The zero-order valence-electron chi connectivity index (χ0n) is 9.56. The van der Waals surface area contributed by atoms with E-state index in [9.17, 15) is 0 Å². The molecular formula is C11H18N4O. The average molecular weight is 222 g/mol. The minimum atomic E-state index is 0.191. The zero-order chi connectivity index (χ0) is 11.4. The summed E-state index contributed by atoms with van der Waals surface area (Å²) in [6.07, 6.45) is 2.49. The van der Waals surface area contributed by atoms with Crippen molar-refractivity contribution < 1.29 is 5.11 Å². The topological polar surface area (TPSA) is 61.3 Å². The quantitative estimate of drug-likeness (QED) is 0.719. The summed E-state index contributed by atoms with van der Waals surface area (Å²) >= 11 is 0. The van der Waals surface area contributed by atoms with Crippen molar-refractivity contribution in [3.8, 4) is 0 Å². The average Bonchev–Trinajstić information content (AvgIpc) is 2.26. The van der Waals surface area contributed by atoms with E-state index in [1.807, 2.05) is 6.07 Å². The highest BCUT2D eigenvalue weighted by Crippen LogP contribution is 2.22. The first-order valence-corrected chi connectivity index (χ1v) is 5.72. The van der Waals surface area contributed by atoms with Crippen LogP contribution >= 0.6 is 0 Å². The van der Waals surface area contributed by atoms with Gasteiger partial charge >= 0.3 is 0 Å². The van der Waals surface area contributed by atoms with Crippen LogP contribution in [0.15, 0.2) is 12.3 Å². The van der Waals surface area contributed by atoms with Crippen LogP contribution in [0.3, 0.4) is 0 Å². The van der Waals surface area contributed by atoms with E-state index in [1.165, 1.54) is 0 Å². The second-order valence-electron chi connectivity index (χ2n) is 4.25. The van der Waals surface area contributed by atoms with Gasteiger partial charge in [-0.05, 0) is 18.4 Å². The Kier molecular flexibility index (Phi) is 3.56. The fourth-order valence-corrected chi connectivity index (χ4v) is 1.78. The molecule has 1 aromatic heterocycles. The van der Waals surface area contributed by atoms with Crippen molar-refractivity contribution in [3.63, 3.8) is 0 Å². The number of anilines is 2. The van der Waals surface area contributed by atoms with Crippen molar-refractivity contribution >= 4 is 11.8 Å². The van der Waals surface area contributed by atoms with Gasteiger partial charge in [0.05, 0.1) is 0 Å². The molecule has 0 spiro atoms. The second kappa shape index (κ2) is 5.12. The third-order valence-corrected chi connectivity index (χ3v) is 2.65. The first kappa shape index (κ1) is 11.1. The van der Waals surface area contributed by atoms with Gasteiger partial charge in [0, 0.05) is 32.4 Å². The summed E-state index contributed by atoms with van der Waals surface area (Å²) in [5, 5.41) is 11.8. The number of nitrogens with one attached hydrogen (secondary N) is 1. The summed E-state index contributed by atoms with van der Waals surface area (Å²) < 4.78 is 0. The maximum Gasteiger partial charge on any atom is 0.224 e. The highest BCUT2D eigenvalue weighted by molar-refractivity contribution is 5.44. The lowest BCUT2D eigenvalue weighted by Gasteiger charge is -2.38. The molecule has 0 unspecified atom stereocenters. The number of aliphatic hydroxyl groups is 1. The van der Waals surface area contributed by atoms with Crippen LogP contribution in [0.1, 0.15) is 13.3 Å². The van der Waals surface area contributed by atoms with Crippen molar-refractivity contribution in [2.75, 3.05) is 36.5 Å². The van der Waals surface area contributed by atoms with Gasteiger partial charge in [-0.3, -0.25) is 0 Å². The number of rotatable bonds is 5. The Morgan fingerprint density at radius 2 is 2.38 bits per heavy atom. The third-order valence-electron chi connectivity index (χ3n) is 2.65. The van der Waals surface area contributed by atoms with Crippen LogP contribution in [-0.2, 0) is 0 Å². The number of nitrogens with zero attached hydrogens (tertiary/aromatic N) is 3. The summed E-state index contributed by atoms with van der Waals surface area (Å²) in [7, 11) is 0. The van der Waals surface area contributed by atoms with E-state index >= 15 is 0 Å². The molecule has 2 N–H and O–H groups in total. The van der Waals surface area contributed by atoms with Gasteiger partial charge in [-0.2, -0.15) is 4.98 Å². The lowest BCUT2D eigenvalue weighted by molar-refractivity contribution is 0.292. The molecule has 1 saturated heterocycles. The molecule has 0 aliphatic carbocycles. The zero-order valence-corrected chi connectivity index (χ0v) is 9.56. The molecule has 1 fully saturated rings. The highest BCUT2D eigenvalue weighted by Gasteiger charge is 2.23. The molecule has 0 bridgehead atoms. The molecule has 2 heterocycles. The molecule has 5 nitrogen and oxygen atoms in total. The SMILES string of the molecule is CC1CN(c2ccnc(NCCCO)n2)C1. The summed E-state index contributed by atoms with van der Waals surface area (Å²) in [4.78, 5) is 10.8. The van der Waals surface area contributed by atoms with Gasteiger partial charge in [0.1, 0.15) is 5.82 Å². The molecular weight excluding hydrogens is 204 g/mol. The second-order valence-corrected chi connectivity index (χ2v) is 4.25. The van der Waals surface area contributed by atoms with Crippen LogP contribution < -0.4 is 10.2 Å². The van der Waals surface area contributed by atoms with E-state index in [-0.39, 0.29) is 6.61 Å². The van der Waals surface area contributed by atoms with Crippen LogP contribution in [0.2, 0.25) is 0 Å². The highest BCUT2D eigenvalue weighted by atomic mass is 16.3. The number of aliphatic hydroxyl groups excluding tert-OH is 1. The van der Waals surface area contributed by atoms with E-state index in [1.54, 1.807) is 6.20 Å². The fourth-order valence-electron chi connectivity index (χ4n) is 1.78. The first-order valence-electron chi connectivity index (χ1n) is 5.72. The van der Waals surface area contributed by atoms with Crippen LogP contribution in [0, 0.1) is 5.92 Å². The Hall–Kier alpha value is -1.36. The molecule has 1 aliphatic rings. The number of hydrogen-bond donors (Lipinski definition) is 2. The Labute approximate surface area is 95.5 Å². The summed E-state index contributed by atoms with van der Waals surface area (Å²) in [5.41, 5.74) is 0. The van der Waals surface area contributed by atoms with Gasteiger partial charge in [0.15, 0.2) is 0 Å². The van der Waals surface area contributed by atoms with Gasteiger partial charge in [-0.25, -0.2) is 4.98 Å². The van der Waals surface area contributed by atoms with Crippen molar-refractivity contribution in [1.29, 1.82) is 0 Å². The number of hydrogen-bond acceptors (Lipinski definition) is 5. The maximum atomic E-state index is 8.67. The molecule has 1 aliphatic heterocycles. The Bertz CT molecular complexity index is 339. The molecule has 0 radical (unpaired) electrons. The maximum absolute atomic E-state index is 8.67. The summed E-state index contributed by atoms with van der Waals surface area (Å²) in [6.45, 7) is 5.28. The lowest BCUT2D eigenvalue weighted by atomic mass is 10.0. The van der Waals surface area contributed by atoms with E-state index in [2.05, 4.69) is 27.1 Å². The summed E-state index contributed by atoms with van der Waals surface area (Å²) in [6, 6.07) is 1.93. The monoisotopic (exact) mass is 222 g/mol. The van der Waals surface area contributed by atoms with Crippen molar-refractivity contribution in [2.24, 2.45) is 5.92 Å².